The summed E-state index contributed by atoms with van der Waals surface area (Å²) in [4.78, 5) is 0. The van der Waals surface area contributed by atoms with Gasteiger partial charge in [0, 0.05) is 6.04 Å². The summed E-state index contributed by atoms with van der Waals surface area (Å²) in [5.41, 5.74) is 1.48. The molecule has 88 valence electrons. The molecular formula is C16H19N. The lowest BCUT2D eigenvalue weighted by Gasteiger charge is -2.18. The highest BCUT2D eigenvalue weighted by atomic mass is 14.9. The molecule has 0 aromatic heterocycles. The smallest absolute Gasteiger partial charge is 0.0326 e. The van der Waals surface area contributed by atoms with Crippen LogP contribution in [0.4, 0.5) is 0 Å². The highest BCUT2D eigenvalue weighted by Gasteiger charge is 2.15. The predicted octanol–water partition coefficient (Wildman–Crippen LogP) is 4.04. The number of benzene rings is 2. The number of nitrogens with one attached hydrogen (secondary N) is 1. The number of rotatable bonds is 1. The molecule has 0 amide bonds. The lowest BCUT2D eigenvalue weighted by molar-refractivity contribution is 0.538. The quantitative estimate of drug-likeness (QED) is 0.772. The molecule has 1 nitrogen and oxygen atoms in total. The van der Waals surface area contributed by atoms with Gasteiger partial charge in [-0.05, 0) is 35.7 Å². The monoisotopic (exact) mass is 225 g/mol. The Kier molecular flexibility index (Phi) is 3.10. The van der Waals surface area contributed by atoms with E-state index >= 15 is 0 Å². The first kappa shape index (κ1) is 10.8. The minimum absolute atomic E-state index is 0.545. The van der Waals surface area contributed by atoms with E-state index in [1.165, 1.54) is 42.0 Å². The molecule has 1 fully saturated rings. The van der Waals surface area contributed by atoms with Gasteiger partial charge in [-0.3, -0.25) is 0 Å². The third-order valence-electron chi connectivity index (χ3n) is 3.76. The van der Waals surface area contributed by atoms with E-state index in [2.05, 4.69) is 47.8 Å². The molecule has 3 rings (SSSR count). The van der Waals surface area contributed by atoms with Crippen LogP contribution in [0.1, 0.15) is 37.3 Å². The average Bonchev–Trinajstić information content (AvgIpc) is 2.67. The van der Waals surface area contributed by atoms with Gasteiger partial charge in [0.2, 0.25) is 0 Å². The van der Waals surface area contributed by atoms with Crippen LogP contribution in [-0.2, 0) is 0 Å². The molecule has 1 heteroatoms. The lowest BCUT2D eigenvalue weighted by atomic mass is 9.96. The van der Waals surface area contributed by atoms with Crippen LogP contribution in [0.5, 0.6) is 0 Å². The van der Waals surface area contributed by atoms with Crippen LogP contribution >= 0.6 is 0 Å². The van der Waals surface area contributed by atoms with E-state index in [0.29, 0.717) is 6.04 Å². The van der Waals surface area contributed by atoms with Crippen LogP contribution in [0.2, 0.25) is 0 Å². The Balaban J connectivity index is 2.03. The van der Waals surface area contributed by atoms with E-state index in [1.54, 1.807) is 0 Å². The van der Waals surface area contributed by atoms with E-state index < -0.39 is 0 Å². The van der Waals surface area contributed by atoms with E-state index in [9.17, 15) is 0 Å². The number of hydrogen-bond acceptors (Lipinski definition) is 1. The molecule has 0 radical (unpaired) electrons. The van der Waals surface area contributed by atoms with Crippen LogP contribution in [-0.4, -0.2) is 6.54 Å². The standard InChI is InChI=1S/C16H19N/c1-2-11-16(17-12-5-1)15-10-6-8-13-7-3-4-9-14(13)15/h3-4,6-10,16-17H,1-2,5,11-12H2. The molecule has 0 bridgehead atoms. The molecule has 17 heavy (non-hydrogen) atoms. The Labute approximate surface area is 103 Å². The topological polar surface area (TPSA) is 12.0 Å². The summed E-state index contributed by atoms with van der Waals surface area (Å²) >= 11 is 0. The highest BCUT2D eigenvalue weighted by Crippen LogP contribution is 2.28. The first-order valence-electron chi connectivity index (χ1n) is 6.66. The highest BCUT2D eigenvalue weighted by molar-refractivity contribution is 5.86. The Morgan fingerprint density at radius 1 is 0.882 bits per heavy atom. The van der Waals surface area contributed by atoms with Crippen molar-refractivity contribution in [3.8, 4) is 0 Å². The second kappa shape index (κ2) is 4.89. The SMILES string of the molecule is c1ccc2c(C3CCCCCN3)cccc2c1. The Hall–Kier alpha value is -1.34. The minimum Gasteiger partial charge on any atom is -0.310 e. The van der Waals surface area contributed by atoms with Gasteiger partial charge in [-0.1, -0.05) is 55.3 Å². The first-order valence-corrected chi connectivity index (χ1v) is 6.66. The average molecular weight is 225 g/mol. The zero-order chi connectivity index (χ0) is 11.5. The molecule has 1 aliphatic rings. The normalized spacial score (nSPS) is 21.3. The van der Waals surface area contributed by atoms with Crippen molar-refractivity contribution in [2.24, 2.45) is 0 Å². The van der Waals surface area contributed by atoms with Gasteiger partial charge in [-0.25, -0.2) is 0 Å². The van der Waals surface area contributed by atoms with Gasteiger partial charge in [-0.2, -0.15) is 0 Å². The second-order valence-corrected chi connectivity index (χ2v) is 4.92. The first-order chi connectivity index (χ1) is 8.45. The molecule has 0 aliphatic carbocycles. The van der Waals surface area contributed by atoms with Crippen LogP contribution in [0.25, 0.3) is 10.8 Å². The van der Waals surface area contributed by atoms with Gasteiger partial charge >= 0.3 is 0 Å². The van der Waals surface area contributed by atoms with Crippen molar-refractivity contribution in [2.75, 3.05) is 6.54 Å². The van der Waals surface area contributed by atoms with Crippen LogP contribution in [0, 0.1) is 0 Å². The maximum atomic E-state index is 3.69. The van der Waals surface area contributed by atoms with Crippen LogP contribution < -0.4 is 5.32 Å². The maximum absolute atomic E-state index is 3.69. The van der Waals surface area contributed by atoms with Gasteiger partial charge in [0.25, 0.3) is 0 Å². The fourth-order valence-electron chi connectivity index (χ4n) is 2.85. The van der Waals surface area contributed by atoms with E-state index in [4.69, 9.17) is 0 Å². The van der Waals surface area contributed by atoms with Crippen LogP contribution in [0.3, 0.4) is 0 Å². The molecule has 2 aromatic rings. The van der Waals surface area contributed by atoms with Crippen molar-refractivity contribution >= 4 is 10.8 Å². The summed E-state index contributed by atoms with van der Waals surface area (Å²) in [6, 6.07) is 15.9. The lowest BCUT2D eigenvalue weighted by Crippen LogP contribution is -2.20. The van der Waals surface area contributed by atoms with Crippen molar-refractivity contribution in [1.82, 2.24) is 5.32 Å². The third kappa shape index (κ3) is 2.20. The number of hydrogen-bond donors (Lipinski definition) is 1. The Morgan fingerprint density at radius 2 is 1.76 bits per heavy atom. The summed E-state index contributed by atoms with van der Waals surface area (Å²) in [6.45, 7) is 1.16. The molecule has 1 saturated heterocycles. The van der Waals surface area contributed by atoms with Crippen molar-refractivity contribution < 1.29 is 0 Å². The zero-order valence-electron chi connectivity index (χ0n) is 10.2. The molecule has 1 heterocycles. The van der Waals surface area contributed by atoms with Gasteiger partial charge < -0.3 is 5.32 Å². The molecule has 1 unspecified atom stereocenters. The molecule has 1 aliphatic heterocycles. The van der Waals surface area contributed by atoms with Crippen LogP contribution in [0.15, 0.2) is 42.5 Å². The summed E-state index contributed by atoms with van der Waals surface area (Å²) in [5.74, 6) is 0. The Morgan fingerprint density at radius 3 is 2.76 bits per heavy atom. The van der Waals surface area contributed by atoms with E-state index in [-0.39, 0.29) is 0 Å². The molecule has 0 spiro atoms. The fourth-order valence-corrected chi connectivity index (χ4v) is 2.85. The van der Waals surface area contributed by atoms with Gasteiger partial charge in [0.15, 0.2) is 0 Å². The predicted molar refractivity (Wildman–Crippen MR) is 73.2 cm³/mol. The second-order valence-electron chi connectivity index (χ2n) is 4.92. The van der Waals surface area contributed by atoms with Gasteiger partial charge in [-0.15, -0.1) is 0 Å². The zero-order valence-corrected chi connectivity index (χ0v) is 10.2. The van der Waals surface area contributed by atoms with E-state index in [0.717, 1.165) is 6.54 Å². The molecule has 1 atom stereocenters. The Bertz CT molecular complexity index is 490. The third-order valence-corrected chi connectivity index (χ3v) is 3.76. The van der Waals surface area contributed by atoms with Crippen molar-refractivity contribution in [1.29, 1.82) is 0 Å². The maximum Gasteiger partial charge on any atom is 0.0326 e. The number of fused-ring (bicyclic) bond motifs is 1. The summed E-state index contributed by atoms with van der Waals surface area (Å²) in [5, 5.41) is 6.46. The minimum atomic E-state index is 0.545. The van der Waals surface area contributed by atoms with Gasteiger partial charge in [0.05, 0.1) is 0 Å². The summed E-state index contributed by atoms with van der Waals surface area (Å²) in [6.07, 6.45) is 5.31. The van der Waals surface area contributed by atoms with Gasteiger partial charge in [0.1, 0.15) is 0 Å². The van der Waals surface area contributed by atoms with Crippen molar-refractivity contribution in [3.63, 3.8) is 0 Å². The molecule has 0 saturated carbocycles. The molecule has 1 N–H and O–H groups in total. The molecule has 2 aromatic carbocycles. The van der Waals surface area contributed by atoms with E-state index in [1.807, 2.05) is 0 Å². The van der Waals surface area contributed by atoms with Crippen molar-refractivity contribution in [2.45, 2.75) is 31.7 Å². The van der Waals surface area contributed by atoms with Crippen molar-refractivity contribution in [3.05, 3.63) is 48.0 Å². The summed E-state index contributed by atoms with van der Waals surface area (Å²) < 4.78 is 0. The molecular weight excluding hydrogens is 206 g/mol. The fraction of sp³-hybridized carbons (Fsp3) is 0.375. The largest absolute Gasteiger partial charge is 0.310 e. The summed E-state index contributed by atoms with van der Waals surface area (Å²) in [7, 11) is 0.